The zero-order valence-corrected chi connectivity index (χ0v) is 9.54. The Labute approximate surface area is 97.0 Å². The van der Waals surface area contributed by atoms with Crippen molar-refractivity contribution in [1.82, 2.24) is 15.1 Å². The molecule has 4 nitrogen and oxygen atoms in total. The second-order valence-electron chi connectivity index (χ2n) is 3.77. The monoisotopic (exact) mass is 246 g/mol. The Balaban J connectivity index is 2.48. The highest BCUT2D eigenvalue weighted by atomic mass is 19.4. The second kappa shape index (κ2) is 5.19. The third-order valence-corrected chi connectivity index (χ3v) is 2.33. The van der Waals surface area contributed by atoms with Gasteiger partial charge in [0.1, 0.15) is 0 Å². The molecule has 0 amide bonds. The minimum absolute atomic E-state index is 0.272. The quantitative estimate of drug-likeness (QED) is 0.876. The van der Waals surface area contributed by atoms with Crippen molar-refractivity contribution < 1.29 is 13.2 Å². The molecule has 1 aromatic rings. The molecule has 0 saturated carbocycles. The first kappa shape index (κ1) is 13.5. The maximum Gasteiger partial charge on any atom is 0.405 e. The van der Waals surface area contributed by atoms with E-state index >= 15 is 0 Å². The highest BCUT2D eigenvalue weighted by Crippen LogP contribution is 2.24. The number of halogens is 3. The van der Waals surface area contributed by atoms with Gasteiger partial charge in [-0.05, 0) is 6.92 Å². The molecule has 0 aliphatic rings. The number of nitriles is 1. The summed E-state index contributed by atoms with van der Waals surface area (Å²) in [6, 6.07) is 1.24. The van der Waals surface area contributed by atoms with Crippen molar-refractivity contribution in [2.45, 2.75) is 19.6 Å². The molecule has 0 aliphatic heterocycles. The number of nitrogens with zero attached hydrogens (tertiary/aromatic N) is 3. The third kappa shape index (κ3) is 3.75. The number of nitrogens with one attached hydrogen (secondary N) is 1. The fourth-order valence-corrected chi connectivity index (χ4v) is 1.41. The van der Waals surface area contributed by atoms with Gasteiger partial charge >= 0.3 is 6.18 Å². The summed E-state index contributed by atoms with van der Waals surface area (Å²) in [4.78, 5) is 0. The highest BCUT2D eigenvalue weighted by molar-refractivity contribution is 5.14. The van der Waals surface area contributed by atoms with Crippen LogP contribution in [0.3, 0.4) is 0 Å². The molecule has 1 atom stereocenters. The van der Waals surface area contributed by atoms with E-state index in [1.54, 1.807) is 24.9 Å². The molecule has 1 aromatic heterocycles. The Morgan fingerprint density at radius 3 is 2.65 bits per heavy atom. The van der Waals surface area contributed by atoms with Gasteiger partial charge in [0.05, 0.1) is 11.8 Å². The van der Waals surface area contributed by atoms with Crippen molar-refractivity contribution in [1.29, 1.82) is 5.26 Å². The Kier molecular flexibility index (Phi) is 4.12. The van der Waals surface area contributed by atoms with Crippen LogP contribution in [0.5, 0.6) is 0 Å². The van der Waals surface area contributed by atoms with Gasteiger partial charge in [0.15, 0.2) is 5.92 Å². The average Bonchev–Trinajstić information content (AvgIpc) is 2.50. The van der Waals surface area contributed by atoms with Crippen LogP contribution in [0, 0.1) is 24.2 Å². The number of aromatic nitrogens is 2. The summed E-state index contributed by atoms with van der Waals surface area (Å²) in [6.45, 7) is 1.64. The Hall–Kier alpha value is -1.55. The first-order valence-electron chi connectivity index (χ1n) is 5.00. The van der Waals surface area contributed by atoms with Crippen molar-refractivity contribution in [2.24, 2.45) is 13.0 Å². The first-order valence-corrected chi connectivity index (χ1v) is 5.00. The average molecular weight is 246 g/mol. The van der Waals surface area contributed by atoms with E-state index in [9.17, 15) is 13.2 Å². The van der Waals surface area contributed by atoms with Gasteiger partial charge in [0.2, 0.25) is 0 Å². The molecule has 1 unspecified atom stereocenters. The third-order valence-electron chi connectivity index (χ3n) is 2.33. The first-order chi connectivity index (χ1) is 7.84. The summed E-state index contributed by atoms with van der Waals surface area (Å²) < 4.78 is 38.3. The summed E-state index contributed by atoms with van der Waals surface area (Å²) in [5.41, 5.74) is 1.59. The van der Waals surface area contributed by atoms with Gasteiger partial charge in [0, 0.05) is 31.9 Å². The van der Waals surface area contributed by atoms with Gasteiger partial charge in [-0.2, -0.15) is 23.5 Å². The van der Waals surface area contributed by atoms with E-state index < -0.39 is 18.6 Å². The second-order valence-corrected chi connectivity index (χ2v) is 3.77. The van der Waals surface area contributed by atoms with Gasteiger partial charge < -0.3 is 5.32 Å². The number of hydrogen-bond acceptors (Lipinski definition) is 3. The summed E-state index contributed by atoms with van der Waals surface area (Å²) in [5, 5.41) is 15.1. The van der Waals surface area contributed by atoms with E-state index in [0.29, 0.717) is 0 Å². The molecule has 0 bridgehead atoms. The Morgan fingerprint density at radius 2 is 2.24 bits per heavy atom. The van der Waals surface area contributed by atoms with E-state index in [-0.39, 0.29) is 6.54 Å². The van der Waals surface area contributed by atoms with Crippen molar-refractivity contribution in [3.05, 3.63) is 17.5 Å². The van der Waals surface area contributed by atoms with Crippen molar-refractivity contribution in [2.75, 3.05) is 6.54 Å². The van der Waals surface area contributed by atoms with E-state index in [4.69, 9.17) is 5.26 Å². The van der Waals surface area contributed by atoms with Gasteiger partial charge in [0.25, 0.3) is 0 Å². The normalized spacial score (nSPS) is 13.4. The van der Waals surface area contributed by atoms with Crippen molar-refractivity contribution in [3.63, 3.8) is 0 Å². The molecule has 0 spiro atoms. The minimum atomic E-state index is -4.48. The summed E-state index contributed by atoms with van der Waals surface area (Å²) in [5.74, 6) is -1.97. The lowest BCUT2D eigenvalue weighted by Gasteiger charge is -2.13. The molecule has 1 rings (SSSR count). The molecule has 0 aliphatic carbocycles. The molecule has 0 fully saturated rings. The fraction of sp³-hybridized carbons (Fsp3) is 0.600. The number of hydrogen-bond donors (Lipinski definition) is 1. The van der Waals surface area contributed by atoms with Crippen LogP contribution in [0.1, 0.15) is 11.3 Å². The minimum Gasteiger partial charge on any atom is -0.311 e. The van der Waals surface area contributed by atoms with Crippen LogP contribution in [0.2, 0.25) is 0 Å². The van der Waals surface area contributed by atoms with Crippen LogP contribution in [0.25, 0.3) is 0 Å². The van der Waals surface area contributed by atoms with Crippen LogP contribution in [-0.2, 0) is 13.6 Å². The molecule has 1 N–H and O–H groups in total. The van der Waals surface area contributed by atoms with Gasteiger partial charge in [-0.3, -0.25) is 4.68 Å². The van der Waals surface area contributed by atoms with E-state index in [0.717, 1.165) is 11.3 Å². The molecule has 1 heterocycles. The lowest BCUT2D eigenvalue weighted by Crippen LogP contribution is -2.32. The summed E-state index contributed by atoms with van der Waals surface area (Å²) >= 11 is 0. The molecule has 0 saturated heterocycles. The van der Waals surface area contributed by atoms with Gasteiger partial charge in [-0.25, -0.2) is 0 Å². The predicted octanol–water partition coefficient (Wildman–Crippen LogP) is 1.52. The SMILES string of the molecule is Cc1nn(C)cc1CNCC(C#N)C(F)(F)F. The van der Waals surface area contributed by atoms with Gasteiger partial charge in [-0.15, -0.1) is 0 Å². The largest absolute Gasteiger partial charge is 0.405 e. The van der Waals surface area contributed by atoms with Crippen molar-refractivity contribution >= 4 is 0 Å². The molecule has 0 radical (unpaired) electrons. The number of aryl methyl sites for hydroxylation is 2. The van der Waals surface area contributed by atoms with Crippen LogP contribution >= 0.6 is 0 Å². The molecule has 94 valence electrons. The Bertz CT molecular complexity index is 416. The number of rotatable bonds is 4. The van der Waals surface area contributed by atoms with Crippen LogP contribution < -0.4 is 5.32 Å². The zero-order valence-electron chi connectivity index (χ0n) is 9.54. The van der Waals surface area contributed by atoms with E-state index in [2.05, 4.69) is 10.4 Å². The molecule has 7 heteroatoms. The van der Waals surface area contributed by atoms with Crippen LogP contribution in [0.4, 0.5) is 13.2 Å². The Morgan fingerprint density at radius 1 is 1.59 bits per heavy atom. The lowest BCUT2D eigenvalue weighted by atomic mass is 10.1. The summed E-state index contributed by atoms with van der Waals surface area (Å²) in [6.07, 6.45) is -2.75. The standard InChI is InChI=1S/C10H13F3N4/c1-7-8(6-17(2)16-7)4-15-5-9(3-14)10(11,12)13/h6,9,15H,4-5H2,1-2H3. The molecule has 0 aromatic carbocycles. The van der Waals surface area contributed by atoms with Crippen LogP contribution in [0.15, 0.2) is 6.20 Å². The maximum atomic E-state index is 12.3. The smallest absolute Gasteiger partial charge is 0.311 e. The van der Waals surface area contributed by atoms with Crippen LogP contribution in [-0.4, -0.2) is 22.5 Å². The van der Waals surface area contributed by atoms with Crippen molar-refractivity contribution in [3.8, 4) is 6.07 Å². The topological polar surface area (TPSA) is 53.6 Å². The number of alkyl halides is 3. The highest BCUT2D eigenvalue weighted by Gasteiger charge is 2.39. The molecule has 17 heavy (non-hydrogen) atoms. The molecular formula is C10H13F3N4. The van der Waals surface area contributed by atoms with E-state index in [1.807, 2.05) is 0 Å². The van der Waals surface area contributed by atoms with Gasteiger partial charge in [-0.1, -0.05) is 0 Å². The molecular weight excluding hydrogens is 233 g/mol. The summed E-state index contributed by atoms with van der Waals surface area (Å²) in [7, 11) is 1.74. The maximum absolute atomic E-state index is 12.3. The zero-order chi connectivity index (χ0) is 13.1. The lowest BCUT2D eigenvalue weighted by molar-refractivity contribution is -0.157. The predicted molar refractivity (Wildman–Crippen MR) is 54.8 cm³/mol. The fourth-order valence-electron chi connectivity index (χ4n) is 1.41. The van der Waals surface area contributed by atoms with E-state index in [1.165, 1.54) is 6.07 Å².